The van der Waals surface area contributed by atoms with Gasteiger partial charge >= 0.3 is 0 Å². The molecule has 2 aliphatic rings. The zero-order valence-corrected chi connectivity index (χ0v) is 11.8. The van der Waals surface area contributed by atoms with Crippen molar-refractivity contribution in [2.75, 3.05) is 32.7 Å². The van der Waals surface area contributed by atoms with Crippen molar-refractivity contribution in [1.82, 2.24) is 15.1 Å². The summed E-state index contributed by atoms with van der Waals surface area (Å²) in [4.78, 5) is 5.42. The molecule has 0 aromatic rings. The summed E-state index contributed by atoms with van der Waals surface area (Å²) in [6, 6.07) is 2.19. The maximum atomic E-state index is 3.53. The van der Waals surface area contributed by atoms with E-state index in [-0.39, 0.29) is 0 Å². The van der Waals surface area contributed by atoms with Gasteiger partial charge in [-0.15, -0.1) is 0 Å². The van der Waals surface area contributed by atoms with Crippen LogP contribution >= 0.6 is 0 Å². The molecule has 0 aromatic heterocycles. The fourth-order valence-corrected chi connectivity index (χ4v) is 3.43. The van der Waals surface area contributed by atoms with Gasteiger partial charge < -0.3 is 5.32 Å². The molecule has 0 aromatic carbocycles. The van der Waals surface area contributed by atoms with Crippen LogP contribution in [-0.2, 0) is 0 Å². The summed E-state index contributed by atoms with van der Waals surface area (Å²) in [5.41, 5.74) is 0. The van der Waals surface area contributed by atoms with Crippen molar-refractivity contribution in [1.29, 1.82) is 0 Å². The Morgan fingerprint density at radius 3 is 2.88 bits per heavy atom. The number of fused-ring (bicyclic) bond motifs is 1. The molecule has 0 spiro atoms. The average Bonchev–Trinajstić information content (AvgIpc) is 2.30. The maximum absolute atomic E-state index is 3.53. The van der Waals surface area contributed by atoms with Crippen LogP contribution in [0, 0.1) is 0 Å². The Morgan fingerprint density at radius 1 is 1.29 bits per heavy atom. The molecule has 2 saturated heterocycles. The third-order valence-corrected chi connectivity index (χ3v) is 4.38. The van der Waals surface area contributed by atoms with Crippen LogP contribution in [-0.4, -0.2) is 60.6 Å². The number of nitrogens with one attached hydrogen (secondary N) is 1. The number of hydrogen-bond donors (Lipinski definition) is 1. The Morgan fingerprint density at radius 2 is 2.12 bits per heavy atom. The second-order valence-electron chi connectivity index (χ2n) is 5.91. The van der Waals surface area contributed by atoms with E-state index in [0.717, 1.165) is 18.6 Å². The fourth-order valence-electron chi connectivity index (χ4n) is 3.43. The first-order chi connectivity index (χ1) is 8.20. The Hall–Kier alpha value is -0.120. The van der Waals surface area contributed by atoms with Crippen LogP contribution in [0.5, 0.6) is 0 Å². The first-order valence-corrected chi connectivity index (χ1v) is 7.42. The van der Waals surface area contributed by atoms with Gasteiger partial charge in [0.25, 0.3) is 0 Å². The molecule has 0 saturated carbocycles. The standard InChI is InChI=1S/C14H29N3/c1-4-15-12(2)9-17-11-14-7-5-6-8-16(14)10-13(17)3/h12-15H,4-11H2,1-3H3. The minimum atomic E-state index is 0.623. The van der Waals surface area contributed by atoms with Gasteiger partial charge in [-0.3, -0.25) is 9.80 Å². The van der Waals surface area contributed by atoms with Crippen LogP contribution in [0.4, 0.5) is 0 Å². The zero-order valence-electron chi connectivity index (χ0n) is 11.8. The first-order valence-electron chi connectivity index (χ1n) is 7.42. The number of piperazine rings is 1. The molecule has 17 heavy (non-hydrogen) atoms. The fraction of sp³-hybridized carbons (Fsp3) is 1.00. The Bertz CT molecular complexity index is 232. The lowest BCUT2D eigenvalue weighted by Crippen LogP contribution is -2.60. The van der Waals surface area contributed by atoms with Crippen LogP contribution in [0.1, 0.15) is 40.0 Å². The number of hydrogen-bond acceptors (Lipinski definition) is 3. The van der Waals surface area contributed by atoms with Crippen LogP contribution in [0.15, 0.2) is 0 Å². The van der Waals surface area contributed by atoms with Gasteiger partial charge in [0.15, 0.2) is 0 Å². The molecular weight excluding hydrogens is 210 g/mol. The third-order valence-electron chi connectivity index (χ3n) is 4.38. The van der Waals surface area contributed by atoms with E-state index >= 15 is 0 Å². The van der Waals surface area contributed by atoms with Gasteiger partial charge in [0, 0.05) is 37.8 Å². The molecule has 2 rings (SSSR count). The van der Waals surface area contributed by atoms with E-state index < -0.39 is 0 Å². The molecule has 2 heterocycles. The predicted molar refractivity (Wildman–Crippen MR) is 73.4 cm³/mol. The van der Waals surface area contributed by atoms with Crippen molar-refractivity contribution in [3.63, 3.8) is 0 Å². The molecule has 100 valence electrons. The quantitative estimate of drug-likeness (QED) is 0.803. The number of piperidine rings is 1. The van der Waals surface area contributed by atoms with Gasteiger partial charge in [0.05, 0.1) is 0 Å². The minimum absolute atomic E-state index is 0.623. The van der Waals surface area contributed by atoms with Crippen molar-refractivity contribution in [2.45, 2.75) is 58.2 Å². The van der Waals surface area contributed by atoms with E-state index in [1.807, 2.05) is 0 Å². The van der Waals surface area contributed by atoms with Crippen LogP contribution in [0.3, 0.4) is 0 Å². The lowest BCUT2D eigenvalue weighted by atomic mass is 9.97. The van der Waals surface area contributed by atoms with Gasteiger partial charge in [-0.1, -0.05) is 13.3 Å². The van der Waals surface area contributed by atoms with Crippen molar-refractivity contribution in [2.24, 2.45) is 0 Å². The molecule has 3 unspecified atom stereocenters. The number of rotatable bonds is 4. The second kappa shape index (κ2) is 6.17. The van der Waals surface area contributed by atoms with E-state index in [1.54, 1.807) is 0 Å². The molecule has 3 heteroatoms. The van der Waals surface area contributed by atoms with E-state index in [2.05, 4.69) is 35.9 Å². The van der Waals surface area contributed by atoms with Crippen molar-refractivity contribution < 1.29 is 0 Å². The average molecular weight is 239 g/mol. The Balaban J connectivity index is 1.86. The predicted octanol–water partition coefficient (Wildman–Crippen LogP) is 1.54. The van der Waals surface area contributed by atoms with Gasteiger partial charge in [0.2, 0.25) is 0 Å². The smallest absolute Gasteiger partial charge is 0.0223 e. The molecule has 2 fully saturated rings. The molecule has 3 atom stereocenters. The van der Waals surface area contributed by atoms with Crippen molar-refractivity contribution in [3.8, 4) is 0 Å². The molecule has 0 aliphatic carbocycles. The maximum Gasteiger partial charge on any atom is 0.0223 e. The van der Waals surface area contributed by atoms with Crippen molar-refractivity contribution in [3.05, 3.63) is 0 Å². The molecule has 0 radical (unpaired) electrons. The summed E-state index contributed by atoms with van der Waals surface area (Å²) < 4.78 is 0. The van der Waals surface area contributed by atoms with Crippen molar-refractivity contribution >= 4 is 0 Å². The lowest BCUT2D eigenvalue weighted by Gasteiger charge is -2.48. The Labute approximate surface area is 107 Å². The lowest BCUT2D eigenvalue weighted by molar-refractivity contribution is 0.0118. The highest BCUT2D eigenvalue weighted by Gasteiger charge is 2.32. The van der Waals surface area contributed by atoms with Gasteiger partial charge in [0.1, 0.15) is 0 Å². The highest BCUT2D eigenvalue weighted by atomic mass is 15.3. The monoisotopic (exact) mass is 239 g/mol. The summed E-state index contributed by atoms with van der Waals surface area (Å²) in [5, 5.41) is 3.53. The van der Waals surface area contributed by atoms with E-state index in [0.29, 0.717) is 6.04 Å². The minimum Gasteiger partial charge on any atom is -0.313 e. The first kappa shape index (κ1) is 13.3. The van der Waals surface area contributed by atoms with E-state index in [9.17, 15) is 0 Å². The Kier molecular flexibility index (Phi) is 4.83. The summed E-state index contributed by atoms with van der Waals surface area (Å²) in [6.45, 7) is 13.1. The number of nitrogens with zero attached hydrogens (tertiary/aromatic N) is 2. The topological polar surface area (TPSA) is 18.5 Å². The highest BCUT2D eigenvalue weighted by molar-refractivity contribution is 4.90. The SMILES string of the molecule is CCNC(C)CN1CC2CCCCN2CC1C. The largest absolute Gasteiger partial charge is 0.313 e. The van der Waals surface area contributed by atoms with Gasteiger partial charge in [-0.05, 0) is 39.8 Å². The summed E-state index contributed by atoms with van der Waals surface area (Å²) in [7, 11) is 0. The summed E-state index contributed by atoms with van der Waals surface area (Å²) >= 11 is 0. The molecule has 3 nitrogen and oxygen atoms in total. The van der Waals surface area contributed by atoms with E-state index in [1.165, 1.54) is 45.4 Å². The second-order valence-corrected chi connectivity index (χ2v) is 5.91. The van der Waals surface area contributed by atoms with Crippen LogP contribution < -0.4 is 5.32 Å². The number of likely N-dealkylation sites (N-methyl/N-ethyl adjacent to an activating group) is 1. The third kappa shape index (κ3) is 3.43. The summed E-state index contributed by atoms with van der Waals surface area (Å²) in [5.74, 6) is 0. The molecule has 0 bridgehead atoms. The molecular formula is C14H29N3. The van der Waals surface area contributed by atoms with Gasteiger partial charge in [-0.2, -0.15) is 0 Å². The van der Waals surface area contributed by atoms with Gasteiger partial charge in [-0.25, -0.2) is 0 Å². The molecule has 0 amide bonds. The van der Waals surface area contributed by atoms with E-state index in [4.69, 9.17) is 0 Å². The zero-order chi connectivity index (χ0) is 12.3. The highest BCUT2D eigenvalue weighted by Crippen LogP contribution is 2.23. The summed E-state index contributed by atoms with van der Waals surface area (Å²) in [6.07, 6.45) is 4.27. The van der Waals surface area contributed by atoms with Crippen LogP contribution in [0.2, 0.25) is 0 Å². The normalized spacial score (nSPS) is 33.4. The molecule has 2 aliphatic heterocycles. The van der Waals surface area contributed by atoms with Crippen LogP contribution in [0.25, 0.3) is 0 Å². The molecule has 1 N–H and O–H groups in total.